The summed E-state index contributed by atoms with van der Waals surface area (Å²) in [6.45, 7) is 0. The molecule has 2 aromatic carbocycles. The molecule has 1 unspecified atom stereocenters. The Morgan fingerprint density at radius 2 is 1.36 bits per heavy atom. The molecule has 22 heavy (non-hydrogen) atoms. The quantitative estimate of drug-likeness (QED) is 0.831. The summed E-state index contributed by atoms with van der Waals surface area (Å²) in [6, 6.07) is 11.5. The van der Waals surface area contributed by atoms with E-state index in [9.17, 15) is 9.90 Å². The van der Waals surface area contributed by atoms with Crippen LogP contribution in [0.25, 0.3) is 0 Å². The van der Waals surface area contributed by atoms with Gasteiger partial charge >= 0.3 is 0 Å². The summed E-state index contributed by atoms with van der Waals surface area (Å²) in [5.41, 5.74) is 0.812. The van der Waals surface area contributed by atoms with E-state index in [1.807, 2.05) is 0 Å². The molecule has 0 aromatic heterocycles. The van der Waals surface area contributed by atoms with Crippen LogP contribution in [0.2, 0.25) is 0 Å². The average Bonchev–Trinajstić information content (AvgIpc) is 2.59. The first-order valence-corrected chi connectivity index (χ1v) is 6.68. The monoisotopic (exact) mass is 302 g/mol. The van der Waals surface area contributed by atoms with Crippen molar-refractivity contribution in [3.63, 3.8) is 0 Å². The minimum atomic E-state index is -1.26. The van der Waals surface area contributed by atoms with Gasteiger partial charge in [0.05, 0.1) is 21.3 Å². The molecule has 2 aromatic rings. The average molecular weight is 302 g/mol. The van der Waals surface area contributed by atoms with Gasteiger partial charge in [-0.1, -0.05) is 12.1 Å². The normalized spacial score (nSPS) is 11.6. The highest BCUT2D eigenvalue weighted by atomic mass is 16.5. The number of hydrogen-bond donors (Lipinski definition) is 1. The van der Waals surface area contributed by atoms with Crippen LogP contribution < -0.4 is 14.2 Å². The van der Waals surface area contributed by atoms with E-state index in [1.54, 1.807) is 49.6 Å². The summed E-state index contributed by atoms with van der Waals surface area (Å²) in [7, 11) is 4.56. The van der Waals surface area contributed by atoms with Crippen LogP contribution in [-0.4, -0.2) is 32.2 Å². The van der Waals surface area contributed by atoms with E-state index < -0.39 is 11.9 Å². The maximum absolute atomic E-state index is 12.4. The number of aliphatic hydroxyl groups excluding tert-OH is 1. The highest BCUT2D eigenvalue weighted by Crippen LogP contribution is 2.27. The number of carbonyl (C=O) groups excluding carboxylic acids is 1. The van der Waals surface area contributed by atoms with Crippen molar-refractivity contribution in [3.05, 3.63) is 53.6 Å². The van der Waals surface area contributed by atoms with Crippen LogP contribution >= 0.6 is 0 Å². The second-order valence-electron chi connectivity index (χ2n) is 4.64. The van der Waals surface area contributed by atoms with Gasteiger partial charge in [-0.3, -0.25) is 4.79 Å². The van der Waals surface area contributed by atoms with Crippen LogP contribution in [0.5, 0.6) is 17.2 Å². The van der Waals surface area contributed by atoms with Gasteiger partial charge in [-0.15, -0.1) is 0 Å². The minimum absolute atomic E-state index is 0.319. The van der Waals surface area contributed by atoms with E-state index in [-0.39, 0.29) is 0 Å². The molecule has 116 valence electrons. The van der Waals surface area contributed by atoms with Gasteiger partial charge in [-0.05, 0) is 29.8 Å². The van der Waals surface area contributed by atoms with Crippen molar-refractivity contribution in [1.82, 2.24) is 0 Å². The van der Waals surface area contributed by atoms with Gasteiger partial charge in [-0.25, -0.2) is 0 Å². The first-order valence-electron chi connectivity index (χ1n) is 6.68. The fraction of sp³-hybridized carbons (Fsp3) is 0.235. The predicted octanol–water partition coefficient (Wildman–Crippen LogP) is 2.63. The number of hydrogen-bond acceptors (Lipinski definition) is 5. The number of rotatable bonds is 6. The summed E-state index contributed by atoms with van der Waals surface area (Å²) in [5, 5.41) is 10.3. The molecule has 5 nitrogen and oxygen atoms in total. The molecular formula is C17H18O5. The fourth-order valence-corrected chi connectivity index (χ4v) is 2.05. The van der Waals surface area contributed by atoms with Gasteiger partial charge < -0.3 is 19.3 Å². The lowest BCUT2D eigenvalue weighted by Gasteiger charge is -2.13. The molecular weight excluding hydrogens is 284 g/mol. The highest BCUT2D eigenvalue weighted by Gasteiger charge is 2.20. The van der Waals surface area contributed by atoms with Gasteiger partial charge in [-0.2, -0.15) is 0 Å². The van der Waals surface area contributed by atoms with Crippen molar-refractivity contribution >= 4 is 5.78 Å². The SMILES string of the molecule is COc1ccc(C(O)C(=O)c2cc(OC)cc(OC)c2)cc1. The van der Waals surface area contributed by atoms with Gasteiger partial charge in [0.15, 0.2) is 5.78 Å². The molecule has 0 aliphatic carbocycles. The van der Waals surface area contributed by atoms with Gasteiger partial charge in [0, 0.05) is 11.6 Å². The van der Waals surface area contributed by atoms with E-state index in [4.69, 9.17) is 14.2 Å². The van der Waals surface area contributed by atoms with Crippen molar-refractivity contribution in [2.45, 2.75) is 6.10 Å². The Hall–Kier alpha value is -2.53. The number of Topliss-reactive ketones (excluding diaryl/α,β-unsaturated/α-hetero) is 1. The lowest BCUT2D eigenvalue weighted by molar-refractivity contribution is 0.0746. The Balaban J connectivity index is 2.29. The van der Waals surface area contributed by atoms with Gasteiger partial charge in [0.25, 0.3) is 0 Å². The molecule has 5 heteroatoms. The zero-order chi connectivity index (χ0) is 16.1. The van der Waals surface area contributed by atoms with Crippen molar-refractivity contribution in [2.75, 3.05) is 21.3 Å². The standard InChI is InChI=1S/C17H18O5/c1-20-13-6-4-11(5-7-13)16(18)17(19)12-8-14(21-2)10-15(9-12)22-3/h4-10,16,18H,1-3H3. The highest BCUT2D eigenvalue weighted by molar-refractivity contribution is 6.00. The molecule has 0 bridgehead atoms. The summed E-state index contributed by atoms with van der Waals surface area (Å²) >= 11 is 0. The Kier molecular flexibility index (Phi) is 5.01. The summed E-state index contributed by atoms with van der Waals surface area (Å²) in [5.74, 6) is 1.21. The topological polar surface area (TPSA) is 65.0 Å². The molecule has 0 heterocycles. The Bertz CT molecular complexity index is 626. The molecule has 0 aliphatic heterocycles. The molecule has 0 fully saturated rings. The van der Waals surface area contributed by atoms with E-state index in [2.05, 4.69) is 0 Å². The third kappa shape index (κ3) is 3.38. The Labute approximate surface area is 129 Å². The smallest absolute Gasteiger partial charge is 0.196 e. The first kappa shape index (κ1) is 15.9. The maximum atomic E-state index is 12.4. The van der Waals surface area contributed by atoms with Crippen molar-refractivity contribution in [2.24, 2.45) is 0 Å². The molecule has 1 atom stereocenters. The maximum Gasteiger partial charge on any atom is 0.196 e. The van der Waals surface area contributed by atoms with Crippen molar-refractivity contribution in [1.29, 1.82) is 0 Å². The largest absolute Gasteiger partial charge is 0.497 e. The van der Waals surface area contributed by atoms with Crippen molar-refractivity contribution in [3.8, 4) is 17.2 Å². The minimum Gasteiger partial charge on any atom is -0.497 e. The van der Waals surface area contributed by atoms with Crippen LogP contribution in [0.15, 0.2) is 42.5 Å². The predicted molar refractivity (Wildman–Crippen MR) is 81.8 cm³/mol. The lowest BCUT2D eigenvalue weighted by Crippen LogP contribution is -2.12. The summed E-state index contributed by atoms with van der Waals surface area (Å²) in [4.78, 5) is 12.4. The molecule has 0 spiro atoms. The number of methoxy groups -OCH3 is 3. The molecule has 0 saturated heterocycles. The summed E-state index contributed by atoms with van der Waals surface area (Å²) < 4.78 is 15.3. The van der Waals surface area contributed by atoms with Crippen LogP contribution in [0, 0.1) is 0 Å². The van der Waals surface area contributed by atoms with Crippen LogP contribution in [0.3, 0.4) is 0 Å². The van der Waals surface area contributed by atoms with Gasteiger partial charge in [0.1, 0.15) is 23.4 Å². The van der Waals surface area contributed by atoms with E-state index in [1.165, 1.54) is 14.2 Å². The molecule has 0 aliphatic rings. The number of carbonyl (C=O) groups is 1. The van der Waals surface area contributed by atoms with Crippen LogP contribution in [-0.2, 0) is 0 Å². The first-order chi connectivity index (χ1) is 10.6. The second-order valence-corrected chi connectivity index (χ2v) is 4.64. The molecule has 0 amide bonds. The van der Waals surface area contributed by atoms with Crippen LogP contribution in [0.4, 0.5) is 0 Å². The Morgan fingerprint density at radius 3 is 1.82 bits per heavy atom. The molecule has 2 rings (SSSR count). The third-order valence-electron chi connectivity index (χ3n) is 3.32. The van der Waals surface area contributed by atoms with Crippen molar-refractivity contribution < 1.29 is 24.1 Å². The number of ketones is 1. The van der Waals surface area contributed by atoms with E-state index >= 15 is 0 Å². The molecule has 0 saturated carbocycles. The molecule has 1 N–H and O–H groups in total. The zero-order valence-corrected chi connectivity index (χ0v) is 12.7. The van der Waals surface area contributed by atoms with Gasteiger partial charge in [0.2, 0.25) is 0 Å². The lowest BCUT2D eigenvalue weighted by atomic mass is 9.99. The van der Waals surface area contributed by atoms with E-state index in [0.29, 0.717) is 28.4 Å². The Morgan fingerprint density at radius 1 is 0.864 bits per heavy atom. The number of aliphatic hydroxyl groups is 1. The number of ether oxygens (including phenoxy) is 3. The fourth-order valence-electron chi connectivity index (χ4n) is 2.05. The zero-order valence-electron chi connectivity index (χ0n) is 12.7. The third-order valence-corrected chi connectivity index (χ3v) is 3.32. The number of benzene rings is 2. The van der Waals surface area contributed by atoms with Crippen LogP contribution in [0.1, 0.15) is 22.0 Å². The second kappa shape index (κ2) is 6.95. The molecule has 0 radical (unpaired) electrons. The van der Waals surface area contributed by atoms with E-state index in [0.717, 1.165) is 0 Å². The summed E-state index contributed by atoms with van der Waals surface area (Å²) in [6.07, 6.45) is -1.26.